The Labute approximate surface area is 165 Å². The third-order valence-electron chi connectivity index (χ3n) is 5.18. The highest BCUT2D eigenvalue weighted by Gasteiger charge is 2.30. The molecule has 2 heterocycles. The van der Waals surface area contributed by atoms with Crippen LogP contribution in [0.1, 0.15) is 60.8 Å². The normalized spacial score (nSPS) is 25.4. The van der Waals surface area contributed by atoms with Crippen molar-refractivity contribution in [2.24, 2.45) is 0 Å². The fourth-order valence-corrected chi connectivity index (χ4v) is 5.47. The first kappa shape index (κ1) is 20.3. The van der Waals surface area contributed by atoms with Crippen molar-refractivity contribution in [3.8, 4) is 0 Å². The molecule has 27 heavy (non-hydrogen) atoms. The summed E-state index contributed by atoms with van der Waals surface area (Å²) in [6, 6.07) is 0. The van der Waals surface area contributed by atoms with E-state index in [1.165, 1.54) is 16.2 Å². The summed E-state index contributed by atoms with van der Waals surface area (Å²) in [4.78, 5) is 27.7. The van der Waals surface area contributed by atoms with Gasteiger partial charge in [-0.1, -0.05) is 6.42 Å². The molecule has 0 aromatic carbocycles. The standard InChI is InChI=1S/C20H30N2O4S/c1-4-25-20(24)18-15-8-6-5-7-9-16(15)27-19(18)21-17(23)12-22-10-13(2)26-14(3)11-22/h13-14H,4-12H2,1-3H3,(H,21,23)/p+1/t13-,14+. The first-order valence-electron chi connectivity index (χ1n) is 10.1. The van der Waals surface area contributed by atoms with E-state index in [4.69, 9.17) is 9.47 Å². The number of morpholine rings is 1. The van der Waals surface area contributed by atoms with E-state index in [0.29, 0.717) is 23.7 Å². The Morgan fingerprint density at radius 3 is 2.59 bits per heavy atom. The van der Waals surface area contributed by atoms with Crippen molar-refractivity contribution in [2.45, 2.75) is 65.1 Å². The molecule has 1 saturated heterocycles. The molecule has 1 aliphatic heterocycles. The number of carbonyl (C=O) groups is 2. The summed E-state index contributed by atoms with van der Waals surface area (Å²) in [7, 11) is 0. The van der Waals surface area contributed by atoms with E-state index in [9.17, 15) is 9.59 Å². The second kappa shape index (κ2) is 9.17. The zero-order valence-electron chi connectivity index (χ0n) is 16.6. The highest BCUT2D eigenvalue weighted by Crippen LogP contribution is 2.37. The maximum atomic E-state index is 12.7. The van der Waals surface area contributed by atoms with E-state index in [1.807, 2.05) is 20.8 Å². The Morgan fingerprint density at radius 2 is 1.89 bits per heavy atom. The third kappa shape index (κ3) is 5.09. The molecule has 2 aliphatic rings. The number of thiophene rings is 1. The minimum atomic E-state index is -0.312. The predicted molar refractivity (Wildman–Crippen MR) is 106 cm³/mol. The maximum Gasteiger partial charge on any atom is 0.341 e. The lowest BCUT2D eigenvalue weighted by Crippen LogP contribution is -3.16. The lowest BCUT2D eigenvalue weighted by atomic mass is 10.1. The monoisotopic (exact) mass is 395 g/mol. The van der Waals surface area contributed by atoms with Gasteiger partial charge in [-0.05, 0) is 52.0 Å². The number of hydrogen-bond donors (Lipinski definition) is 2. The molecule has 6 nitrogen and oxygen atoms in total. The zero-order valence-corrected chi connectivity index (χ0v) is 17.4. The highest BCUT2D eigenvalue weighted by molar-refractivity contribution is 7.17. The SMILES string of the molecule is CCOC(=O)c1c(NC(=O)C[NH+]2C[C@@H](C)O[C@@H](C)C2)sc2c1CCCCC2. The summed E-state index contributed by atoms with van der Waals surface area (Å²) in [5.74, 6) is -0.360. The van der Waals surface area contributed by atoms with Gasteiger partial charge in [0.2, 0.25) is 0 Å². The van der Waals surface area contributed by atoms with E-state index in [0.717, 1.165) is 44.3 Å². The van der Waals surface area contributed by atoms with Crippen LogP contribution in [0.15, 0.2) is 0 Å². The first-order valence-corrected chi connectivity index (χ1v) is 10.9. The molecular weight excluding hydrogens is 364 g/mol. The average molecular weight is 396 g/mol. The van der Waals surface area contributed by atoms with E-state index in [-0.39, 0.29) is 24.1 Å². The van der Waals surface area contributed by atoms with Crippen LogP contribution in [0.4, 0.5) is 5.00 Å². The fourth-order valence-electron chi connectivity index (χ4n) is 4.18. The largest absolute Gasteiger partial charge is 0.462 e. The lowest BCUT2D eigenvalue weighted by Gasteiger charge is -2.31. The number of carbonyl (C=O) groups excluding carboxylic acids is 2. The quantitative estimate of drug-likeness (QED) is 0.590. The molecule has 0 saturated carbocycles. The van der Waals surface area contributed by atoms with Gasteiger partial charge in [-0.15, -0.1) is 11.3 Å². The van der Waals surface area contributed by atoms with Crippen LogP contribution in [0, 0.1) is 0 Å². The summed E-state index contributed by atoms with van der Waals surface area (Å²) in [6.45, 7) is 8.27. The van der Waals surface area contributed by atoms with Gasteiger partial charge in [0.15, 0.2) is 6.54 Å². The predicted octanol–water partition coefficient (Wildman–Crippen LogP) is 1.82. The van der Waals surface area contributed by atoms with Crippen LogP contribution >= 0.6 is 11.3 Å². The molecule has 150 valence electrons. The molecule has 1 aromatic rings. The summed E-state index contributed by atoms with van der Waals surface area (Å²) >= 11 is 1.55. The van der Waals surface area contributed by atoms with Gasteiger partial charge in [-0.3, -0.25) is 4.79 Å². The number of anilines is 1. The van der Waals surface area contributed by atoms with Crippen LogP contribution in [-0.2, 0) is 27.1 Å². The number of aryl methyl sites for hydroxylation is 1. The molecule has 1 aromatic heterocycles. The molecule has 1 aliphatic carbocycles. The zero-order chi connectivity index (χ0) is 19.4. The Morgan fingerprint density at radius 1 is 1.19 bits per heavy atom. The second-order valence-corrected chi connectivity index (χ2v) is 8.73. The average Bonchev–Trinajstić information content (AvgIpc) is 2.75. The number of esters is 1. The summed E-state index contributed by atoms with van der Waals surface area (Å²) < 4.78 is 11.0. The number of hydrogen-bond acceptors (Lipinski definition) is 5. The van der Waals surface area contributed by atoms with Gasteiger partial charge < -0.3 is 19.7 Å². The smallest absolute Gasteiger partial charge is 0.341 e. The van der Waals surface area contributed by atoms with Crippen molar-refractivity contribution in [1.29, 1.82) is 0 Å². The van der Waals surface area contributed by atoms with Crippen LogP contribution in [0.25, 0.3) is 0 Å². The Balaban J connectivity index is 1.75. The van der Waals surface area contributed by atoms with Crippen molar-refractivity contribution in [2.75, 3.05) is 31.6 Å². The van der Waals surface area contributed by atoms with Crippen molar-refractivity contribution in [1.82, 2.24) is 0 Å². The van der Waals surface area contributed by atoms with Crippen molar-refractivity contribution < 1.29 is 24.0 Å². The van der Waals surface area contributed by atoms with Gasteiger partial charge in [0.05, 0.1) is 12.2 Å². The summed E-state index contributed by atoms with van der Waals surface area (Å²) in [5.41, 5.74) is 1.68. The number of fused-ring (bicyclic) bond motifs is 1. The molecule has 2 N–H and O–H groups in total. The van der Waals surface area contributed by atoms with Crippen LogP contribution < -0.4 is 10.2 Å². The minimum absolute atomic E-state index is 0.0479. The van der Waals surface area contributed by atoms with E-state index >= 15 is 0 Å². The van der Waals surface area contributed by atoms with Crippen LogP contribution in [0.5, 0.6) is 0 Å². The number of nitrogens with one attached hydrogen (secondary N) is 2. The molecular formula is C20H31N2O4S+. The fraction of sp³-hybridized carbons (Fsp3) is 0.700. The molecule has 1 amide bonds. The number of rotatable bonds is 5. The summed E-state index contributed by atoms with van der Waals surface area (Å²) in [6.07, 6.45) is 5.58. The molecule has 0 bridgehead atoms. The van der Waals surface area contributed by atoms with Gasteiger partial charge in [-0.25, -0.2) is 4.79 Å². The molecule has 1 unspecified atom stereocenters. The molecule has 3 atom stereocenters. The molecule has 3 rings (SSSR count). The van der Waals surface area contributed by atoms with Crippen molar-refractivity contribution in [3.05, 3.63) is 16.0 Å². The van der Waals surface area contributed by atoms with Crippen molar-refractivity contribution >= 4 is 28.2 Å². The molecule has 1 fully saturated rings. The van der Waals surface area contributed by atoms with Gasteiger partial charge in [0, 0.05) is 4.88 Å². The van der Waals surface area contributed by atoms with E-state index in [1.54, 1.807) is 11.3 Å². The van der Waals surface area contributed by atoms with Gasteiger partial charge in [-0.2, -0.15) is 0 Å². The Hall–Kier alpha value is -1.44. The molecule has 7 heteroatoms. The minimum Gasteiger partial charge on any atom is -0.462 e. The third-order valence-corrected chi connectivity index (χ3v) is 6.39. The van der Waals surface area contributed by atoms with Crippen LogP contribution in [-0.4, -0.2) is 50.3 Å². The number of amides is 1. The van der Waals surface area contributed by atoms with Gasteiger partial charge in [0.25, 0.3) is 5.91 Å². The van der Waals surface area contributed by atoms with Gasteiger partial charge >= 0.3 is 5.97 Å². The molecule has 0 spiro atoms. The summed E-state index contributed by atoms with van der Waals surface area (Å²) in [5, 5.41) is 3.69. The highest BCUT2D eigenvalue weighted by atomic mass is 32.1. The lowest BCUT2D eigenvalue weighted by molar-refractivity contribution is -0.907. The van der Waals surface area contributed by atoms with E-state index in [2.05, 4.69) is 5.32 Å². The second-order valence-electron chi connectivity index (χ2n) is 7.63. The maximum absolute atomic E-state index is 12.7. The van der Waals surface area contributed by atoms with Crippen LogP contribution in [0.3, 0.4) is 0 Å². The molecule has 0 radical (unpaired) electrons. The number of ether oxygens (including phenoxy) is 2. The number of quaternary nitrogens is 1. The van der Waals surface area contributed by atoms with E-state index < -0.39 is 0 Å². The Bertz CT molecular complexity index is 678. The van der Waals surface area contributed by atoms with Crippen molar-refractivity contribution in [3.63, 3.8) is 0 Å². The Kier molecular flexibility index (Phi) is 6.89. The van der Waals surface area contributed by atoms with Gasteiger partial charge in [0.1, 0.15) is 30.3 Å². The first-order chi connectivity index (χ1) is 13.0. The topological polar surface area (TPSA) is 69.1 Å². The van der Waals surface area contributed by atoms with Crippen LogP contribution in [0.2, 0.25) is 0 Å².